The van der Waals surface area contributed by atoms with Crippen molar-refractivity contribution >= 4 is 29.0 Å². The first kappa shape index (κ1) is 22.0. The summed E-state index contributed by atoms with van der Waals surface area (Å²) in [6.45, 7) is -0.447. The van der Waals surface area contributed by atoms with Gasteiger partial charge in [0.2, 0.25) is 5.76 Å². The van der Waals surface area contributed by atoms with Crippen molar-refractivity contribution < 1.29 is 23.7 Å². The van der Waals surface area contributed by atoms with Crippen LogP contribution in [0.4, 0.5) is 5.69 Å². The molecule has 8 heteroatoms. The zero-order chi connectivity index (χ0) is 23.4. The van der Waals surface area contributed by atoms with E-state index in [1.807, 2.05) is 42.5 Å². The van der Waals surface area contributed by atoms with Crippen LogP contribution in [-0.2, 0) is 4.74 Å². The second-order valence-corrected chi connectivity index (χ2v) is 7.44. The van der Waals surface area contributed by atoms with Crippen molar-refractivity contribution in [1.82, 2.24) is 0 Å². The van der Waals surface area contributed by atoms with Gasteiger partial charge in [0.25, 0.3) is 5.69 Å². The van der Waals surface area contributed by atoms with Crippen LogP contribution in [0.5, 0.6) is 0 Å². The lowest BCUT2D eigenvalue weighted by Gasteiger charge is -2.05. The van der Waals surface area contributed by atoms with Crippen molar-refractivity contribution in [2.45, 2.75) is 0 Å². The normalized spacial score (nSPS) is 10.6. The van der Waals surface area contributed by atoms with Gasteiger partial charge in [-0.15, -0.1) is 0 Å². The molecule has 0 aliphatic carbocycles. The van der Waals surface area contributed by atoms with E-state index in [0.29, 0.717) is 11.1 Å². The van der Waals surface area contributed by atoms with Gasteiger partial charge in [-0.2, -0.15) is 0 Å². The molecule has 4 aromatic rings. The van der Waals surface area contributed by atoms with Gasteiger partial charge in [0.1, 0.15) is 5.76 Å². The monoisotopic (exact) mass is 461 g/mol. The first-order valence-corrected chi connectivity index (χ1v) is 10.2. The van der Waals surface area contributed by atoms with E-state index in [9.17, 15) is 19.7 Å². The Morgan fingerprint density at radius 1 is 0.909 bits per heavy atom. The maximum absolute atomic E-state index is 12.4. The van der Waals surface area contributed by atoms with Crippen molar-refractivity contribution in [3.05, 3.63) is 111 Å². The third kappa shape index (κ3) is 4.99. The lowest BCUT2D eigenvalue weighted by Crippen LogP contribution is -2.13. The van der Waals surface area contributed by atoms with Crippen LogP contribution in [0.2, 0.25) is 5.02 Å². The SMILES string of the molecule is O=C(COC(=O)c1ccc(-c2ccc([N+](=O)[O-])cc2Cl)o1)c1ccc(-c2ccccc2)cc1. The largest absolute Gasteiger partial charge is 0.451 e. The van der Waals surface area contributed by atoms with Gasteiger partial charge in [-0.25, -0.2) is 4.79 Å². The van der Waals surface area contributed by atoms with Gasteiger partial charge >= 0.3 is 5.97 Å². The van der Waals surface area contributed by atoms with Crippen LogP contribution in [0.15, 0.2) is 89.3 Å². The second-order valence-electron chi connectivity index (χ2n) is 7.03. The first-order valence-electron chi connectivity index (χ1n) is 9.82. The number of hydrogen-bond donors (Lipinski definition) is 0. The summed E-state index contributed by atoms with van der Waals surface area (Å²) in [5.41, 5.74) is 2.64. The van der Waals surface area contributed by atoms with Crippen LogP contribution in [0, 0.1) is 10.1 Å². The molecule has 0 aliphatic heterocycles. The number of ether oxygens (including phenoxy) is 1. The van der Waals surface area contributed by atoms with Gasteiger partial charge in [0.15, 0.2) is 12.4 Å². The maximum atomic E-state index is 12.4. The molecule has 1 heterocycles. The fraction of sp³-hybridized carbons (Fsp3) is 0.0400. The number of esters is 1. The standard InChI is InChI=1S/C25H16ClNO6/c26-21-14-19(27(30)31)10-11-20(21)23-12-13-24(33-23)25(29)32-15-22(28)18-8-6-17(7-9-18)16-4-2-1-3-5-16/h1-14H,15H2. The maximum Gasteiger partial charge on any atom is 0.374 e. The van der Waals surface area contributed by atoms with Crippen molar-refractivity contribution in [3.8, 4) is 22.5 Å². The van der Waals surface area contributed by atoms with Gasteiger partial charge in [0, 0.05) is 23.3 Å². The fourth-order valence-electron chi connectivity index (χ4n) is 3.17. The summed E-state index contributed by atoms with van der Waals surface area (Å²) in [6.07, 6.45) is 0. The average Bonchev–Trinajstić information content (AvgIpc) is 3.33. The molecule has 33 heavy (non-hydrogen) atoms. The third-order valence-electron chi connectivity index (χ3n) is 4.88. The molecule has 3 aromatic carbocycles. The smallest absolute Gasteiger partial charge is 0.374 e. The predicted molar refractivity (Wildman–Crippen MR) is 122 cm³/mol. The number of carbonyl (C=O) groups is 2. The molecule has 0 aliphatic rings. The summed E-state index contributed by atoms with van der Waals surface area (Å²) in [5.74, 6) is -1.04. The topological polar surface area (TPSA) is 99.7 Å². The molecule has 0 fully saturated rings. The highest BCUT2D eigenvalue weighted by molar-refractivity contribution is 6.33. The van der Waals surface area contributed by atoms with Crippen LogP contribution in [-0.4, -0.2) is 23.3 Å². The third-order valence-corrected chi connectivity index (χ3v) is 5.20. The summed E-state index contributed by atoms with van der Waals surface area (Å²) in [6, 6.07) is 23.5. The molecule has 164 valence electrons. The Kier molecular flexibility index (Phi) is 6.33. The number of furan rings is 1. The Hall–Kier alpha value is -4.23. The number of benzene rings is 3. The molecule has 0 spiro atoms. The van der Waals surface area contributed by atoms with Crippen LogP contribution in [0.25, 0.3) is 22.5 Å². The molecule has 7 nitrogen and oxygen atoms in total. The lowest BCUT2D eigenvalue weighted by atomic mass is 10.0. The summed E-state index contributed by atoms with van der Waals surface area (Å²) in [4.78, 5) is 35.0. The van der Waals surface area contributed by atoms with E-state index >= 15 is 0 Å². The Labute approximate surface area is 193 Å². The number of rotatable bonds is 7. The minimum atomic E-state index is -0.812. The molecule has 0 atom stereocenters. The van der Waals surface area contributed by atoms with Crippen molar-refractivity contribution in [2.24, 2.45) is 0 Å². The van der Waals surface area contributed by atoms with E-state index in [1.165, 1.54) is 30.3 Å². The molecular weight excluding hydrogens is 446 g/mol. The Bertz CT molecular complexity index is 1330. The highest BCUT2D eigenvalue weighted by Gasteiger charge is 2.18. The molecule has 0 unspecified atom stereocenters. The average molecular weight is 462 g/mol. The summed E-state index contributed by atoms with van der Waals surface area (Å²) >= 11 is 6.09. The number of Topliss-reactive ketones (excluding diaryl/α,β-unsaturated/α-hetero) is 1. The number of hydrogen-bond acceptors (Lipinski definition) is 6. The first-order chi connectivity index (χ1) is 15.9. The molecule has 1 aromatic heterocycles. The summed E-state index contributed by atoms with van der Waals surface area (Å²) < 4.78 is 10.6. The predicted octanol–water partition coefficient (Wildman–Crippen LogP) is 6.21. The fourth-order valence-corrected chi connectivity index (χ4v) is 3.44. The van der Waals surface area contributed by atoms with E-state index in [4.69, 9.17) is 20.8 Å². The summed E-state index contributed by atoms with van der Waals surface area (Å²) in [5, 5.41) is 10.9. The van der Waals surface area contributed by atoms with Crippen molar-refractivity contribution in [2.75, 3.05) is 6.61 Å². The van der Waals surface area contributed by atoms with Gasteiger partial charge in [0.05, 0.1) is 9.95 Å². The molecule has 0 amide bonds. The number of nitrogens with zero attached hydrogens (tertiary/aromatic N) is 1. The highest BCUT2D eigenvalue weighted by atomic mass is 35.5. The highest BCUT2D eigenvalue weighted by Crippen LogP contribution is 2.32. The van der Waals surface area contributed by atoms with Crippen molar-refractivity contribution in [1.29, 1.82) is 0 Å². The van der Waals surface area contributed by atoms with E-state index < -0.39 is 17.5 Å². The van der Waals surface area contributed by atoms with E-state index in [0.717, 1.165) is 11.1 Å². The van der Waals surface area contributed by atoms with Crippen LogP contribution in [0.1, 0.15) is 20.9 Å². The summed E-state index contributed by atoms with van der Waals surface area (Å²) in [7, 11) is 0. The molecular formula is C25H16ClNO6. The van der Waals surface area contributed by atoms with Crippen LogP contribution >= 0.6 is 11.6 Å². The molecule has 0 radical (unpaired) electrons. The lowest BCUT2D eigenvalue weighted by molar-refractivity contribution is -0.384. The number of nitro groups is 1. The number of ketones is 1. The minimum absolute atomic E-state index is 0.104. The molecule has 0 bridgehead atoms. The number of non-ortho nitro benzene ring substituents is 1. The zero-order valence-corrected chi connectivity index (χ0v) is 17.8. The van der Waals surface area contributed by atoms with Gasteiger partial charge in [-0.3, -0.25) is 14.9 Å². The molecule has 0 saturated heterocycles. The quantitative estimate of drug-likeness (QED) is 0.140. The van der Waals surface area contributed by atoms with Gasteiger partial charge in [-0.05, 0) is 29.3 Å². The number of halogens is 1. The van der Waals surface area contributed by atoms with Gasteiger partial charge in [-0.1, -0.05) is 66.2 Å². The Balaban J connectivity index is 1.39. The molecule has 0 saturated carbocycles. The second kappa shape index (κ2) is 9.50. The number of carbonyl (C=O) groups excluding carboxylic acids is 2. The van der Waals surface area contributed by atoms with E-state index in [2.05, 4.69) is 0 Å². The molecule has 0 N–H and O–H groups in total. The van der Waals surface area contributed by atoms with E-state index in [1.54, 1.807) is 12.1 Å². The number of nitro benzene ring substituents is 1. The zero-order valence-electron chi connectivity index (χ0n) is 17.1. The van der Waals surface area contributed by atoms with Gasteiger partial charge < -0.3 is 9.15 Å². The minimum Gasteiger partial charge on any atom is -0.451 e. The molecule has 4 rings (SSSR count). The Morgan fingerprint density at radius 2 is 1.61 bits per heavy atom. The van der Waals surface area contributed by atoms with Crippen molar-refractivity contribution in [3.63, 3.8) is 0 Å². The van der Waals surface area contributed by atoms with Crippen LogP contribution < -0.4 is 0 Å². The van der Waals surface area contributed by atoms with E-state index in [-0.39, 0.29) is 28.0 Å². The van der Waals surface area contributed by atoms with Crippen LogP contribution in [0.3, 0.4) is 0 Å². The Morgan fingerprint density at radius 3 is 2.27 bits per heavy atom.